The lowest BCUT2D eigenvalue weighted by Crippen LogP contribution is -2.34. The molecule has 0 spiro atoms. The summed E-state index contributed by atoms with van der Waals surface area (Å²) in [4.78, 5) is 1.17. The number of fused-ring (bicyclic) bond motifs is 1. The Labute approximate surface area is 84.3 Å². The van der Waals surface area contributed by atoms with E-state index in [4.69, 9.17) is 0 Å². The van der Waals surface area contributed by atoms with E-state index in [9.17, 15) is 18.3 Å². The molecule has 0 fully saturated rings. The quantitative estimate of drug-likeness (QED) is 0.668. The monoisotopic (exact) mass is 215 g/mol. The standard InChI is InChI=1S/C10H8F3NO/c11-10(12,13)7-4-5-9(15)14-6-2-1-3-8(7)14/h1-6,9,15H. The molecule has 2 heterocycles. The summed E-state index contributed by atoms with van der Waals surface area (Å²) in [5, 5.41) is 9.44. The molecule has 2 aliphatic heterocycles. The number of alkyl halides is 3. The second-order valence-electron chi connectivity index (χ2n) is 3.18. The minimum absolute atomic E-state index is 0.0278. The van der Waals surface area contributed by atoms with Crippen molar-refractivity contribution in [2.24, 2.45) is 0 Å². The van der Waals surface area contributed by atoms with E-state index in [1.807, 2.05) is 0 Å². The van der Waals surface area contributed by atoms with Crippen molar-refractivity contribution in [3.05, 3.63) is 47.9 Å². The maximum atomic E-state index is 12.6. The smallest absolute Gasteiger partial charge is 0.370 e. The van der Waals surface area contributed by atoms with Crippen molar-refractivity contribution in [1.82, 2.24) is 4.90 Å². The van der Waals surface area contributed by atoms with Crippen LogP contribution in [0.2, 0.25) is 0 Å². The van der Waals surface area contributed by atoms with E-state index in [0.717, 1.165) is 12.2 Å². The normalized spacial score (nSPS) is 24.8. The highest BCUT2D eigenvalue weighted by atomic mass is 19.4. The van der Waals surface area contributed by atoms with Crippen LogP contribution in [-0.4, -0.2) is 22.4 Å². The Balaban J connectivity index is 2.49. The van der Waals surface area contributed by atoms with Crippen molar-refractivity contribution < 1.29 is 18.3 Å². The van der Waals surface area contributed by atoms with Crippen molar-refractivity contribution in [2.75, 3.05) is 0 Å². The highest BCUT2D eigenvalue weighted by Gasteiger charge is 2.38. The van der Waals surface area contributed by atoms with Gasteiger partial charge >= 0.3 is 6.18 Å². The van der Waals surface area contributed by atoms with Crippen LogP contribution in [0.1, 0.15) is 0 Å². The molecule has 0 aromatic rings. The van der Waals surface area contributed by atoms with Crippen LogP contribution in [0, 0.1) is 0 Å². The van der Waals surface area contributed by atoms with Gasteiger partial charge in [-0.05, 0) is 24.3 Å². The van der Waals surface area contributed by atoms with Crippen LogP contribution in [0.15, 0.2) is 47.9 Å². The van der Waals surface area contributed by atoms with Gasteiger partial charge < -0.3 is 10.0 Å². The van der Waals surface area contributed by atoms with E-state index in [0.29, 0.717) is 0 Å². The summed E-state index contributed by atoms with van der Waals surface area (Å²) >= 11 is 0. The fourth-order valence-corrected chi connectivity index (χ4v) is 1.52. The van der Waals surface area contributed by atoms with E-state index in [2.05, 4.69) is 0 Å². The predicted octanol–water partition coefficient (Wildman–Crippen LogP) is 2.08. The Morgan fingerprint density at radius 1 is 1.20 bits per heavy atom. The molecule has 1 N–H and O–H groups in total. The SMILES string of the molecule is OC1C=CC(C(F)(F)F)=C2C=CC=CN21. The molecule has 2 nitrogen and oxygen atoms in total. The molecular formula is C10H8F3NO. The third kappa shape index (κ3) is 1.70. The summed E-state index contributed by atoms with van der Waals surface area (Å²) in [6.45, 7) is 0. The molecule has 0 bridgehead atoms. The van der Waals surface area contributed by atoms with Gasteiger partial charge in [0.1, 0.15) is 6.23 Å². The van der Waals surface area contributed by atoms with Gasteiger partial charge in [0.15, 0.2) is 0 Å². The summed E-state index contributed by atoms with van der Waals surface area (Å²) in [5.74, 6) is 0. The lowest BCUT2D eigenvalue weighted by Gasteiger charge is -2.32. The third-order valence-electron chi connectivity index (χ3n) is 2.19. The van der Waals surface area contributed by atoms with E-state index in [1.54, 1.807) is 6.08 Å². The first-order valence-electron chi connectivity index (χ1n) is 4.31. The van der Waals surface area contributed by atoms with Crippen LogP contribution in [-0.2, 0) is 0 Å². The lowest BCUT2D eigenvalue weighted by atomic mass is 10.1. The van der Waals surface area contributed by atoms with Crippen LogP contribution in [0.4, 0.5) is 13.2 Å². The largest absolute Gasteiger partial charge is 0.418 e. The van der Waals surface area contributed by atoms with E-state index >= 15 is 0 Å². The number of nitrogens with zero attached hydrogens (tertiary/aromatic N) is 1. The zero-order valence-corrected chi connectivity index (χ0v) is 7.57. The Morgan fingerprint density at radius 3 is 2.60 bits per heavy atom. The van der Waals surface area contributed by atoms with Crippen molar-refractivity contribution >= 4 is 0 Å². The van der Waals surface area contributed by atoms with Gasteiger partial charge in [-0.1, -0.05) is 6.08 Å². The molecule has 5 heteroatoms. The third-order valence-corrected chi connectivity index (χ3v) is 2.19. The zero-order chi connectivity index (χ0) is 11.1. The van der Waals surface area contributed by atoms with Gasteiger partial charge in [-0.3, -0.25) is 0 Å². The number of halogens is 3. The second kappa shape index (κ2) is 3.27. The molecule has 0 aromatic heterocycles. The summed E-state index contributed by atoms with van der Waals surface area (Å²) in [7, 11) is 0. The summed E-state index contributed by atoms with van der Waals surface area (Å²) in [5.41, 5.74) is -0.770. The van der Waals surface area contributed by atoms with Crippen molar-refractivity contribution in [2.45, 2.75) is 12.4 Å². The maximum absolute atomic E-state index is 12.6. The Kier molecular flexibility index (Phi) is 2.19. The van der Waals surface area contributed by atoms with Crippen LogP contribution >= 0.6 is 0 Å². The van der Waals surface area contributed by atoms with Crippen molar-refractivity contribution in [3.63, 3.8) is 0 Å². The molecule has 0 radical (unpaired) electrons. The highest BCUT2D eigenvalue weighted by Crippen LogP contribution is 2.35. The van der Waals surface area contributed by atoms with Gasteiger partial charge in [-0.15, -0.1) is 0 Å². The molecule has 1 unspecified atom stereocenters. The average Bonchev–Trinajstić information content (AvgIpc) is 2.17. The Bertz CT molecular complexity index is 390. The number of rotatable bonds is 0. The number of allylic oxidation sites excluding steroid dienone is 5. The molecular weight excluding hydrogens is 207 g/mol. The summed E-state index contributed by atoms with van der Waals surface area (Å²) in [6.07, 6.45) is 2.39. The molecule has 0 saturated heterocycles. The van der Waals surface area contributed by atoms with E-state index < -0.39 is 18.0 Å². The first-order valence-corrected chi connectivity index (χ1v) is 4.31. The van der Waals surface area contributed by atoms with Crippen molar-refractivity contribution in [1.29, 1.82) is 0 Å². The van der Waals surface area contributed by atoms with Gasteiger partial charge in [0.2, 0.25) is 0 Å². The average molecular weight is 215 g/mol. The zero-order valence-electron chi connectivity index (χ0n) is 7.57. The molecule has 80 valence electrons. The maximum Gasteiger partial charge on any atom is 0.418 e. The second-order valence-corrected chi connectivity index (χ2v) is 3.18. The number of hydrogen-bond donors (Lipinski definition) is 1. The summed E-state index contributed by atoms with van der Waals surface area (Å²) in [6, 6.07) is 0. The highest BCUT2D eigenvalue weighted by molar-refractivity contribution is 5.43. The first-order chi connectivity index (χ1) is 7.00. The fourth-order valence-electron chi connectivity index (χ4n) is 1.52. The van der Waals surface area contributed by atoms with Crippen molar-refractivity contribution in [3.8, 4) is 0 Å². The van der Waals surface area contributed by atoms with Crippen LogP contribution in [0.3, 0.4) is 0 Å². The molecule has 1 atom stereocenters. The van der Waals surface area contributed by atoms with Crippen LogP contribution < -0.4 is 0 Å². The van der Waals surface area contributed by atoms with E-state index in [1.165, 1.54) is 23.3 Å². The van der Waals surface area contributed by atoms with Crippen LogP contribution in [0.5, 0.6) is 0 Å². The summed E-state index contributed by atoms with van der Waals surface area (Å²) < 4.78 is 37.7. The minimum Gasteiger partial charge on any atom is -0.370 e. The fraction of sp³-hybridized carbons (Fsp3) is 0.200. The predicted molar refractivity (Wildman–Crippen MR) is 48.3 cm³/mol. The molecule has 0 aliphatic carbocycles. The number of aliphatic hydroxyl groups is 1. The lowest BCUT2D eigenvalue weighted by molar-refractivity contribution is -0.0912. The Morgan fingerprint density at radius 2 is 1.93 bits per heavy atom. The van der Waals surface area contributed by atoms with Gasteiger partial charge in [0, 0.05) is 6.20 Å². The molecule has 0 amide bonds. The molecule has 2 aliphatic rings. The molecule has 2 rings (SSSR count). The molecule has 0 aromatic carbocycles. The Hall–Kier alpha value is -1.49. The molecule has 0 saturated carbocycles. The number of aliphatic hydroxyl groups excluding tert-OH is 1. The minimum atomic E-state index is -4.40. The number of hydrogen-bond acceptors (Lipinski definition) is 2. The van der Waals surface area contributed by atoms with Gasteiger partial charge in [0.25, 0.3) is 0 Å². The van der Waals surface area contributed by atoms with E-state index in [-0.39, 0.29) is 5.70 Å². The van der Waals surface area contributed by atoms with Gasteiger partial charge in [-0.2, -0.15) is 13.2 Å². The molecule has 15 heavy (non-hydrogen) atoms. The van der Waals surface area contributed by atoms with Gasteiger partial charge in [-0.25, -0.2) is 0 Å². The van der Waals surface area contributed by atoms with Crippen LogP contribution in [0.25, 0.3) is 0 Å². The first kappa shape index (κ1) is 10.0. The topological polar surface area (TPSA) is 23.5 Å². The van der Waals surface area contributed by atoms with Gasteiger partial charge in [0.05, 0.1) is 11.3 Å².